The molecule has 0 aliphatic heterocycles. The lowest BCUT2D eigenvalue weighted by atomic mass is 10.1. The van der Waals surface area contributed by atoms with Gasteiger partial charge in [-0.2, -0.15) is 4.36 Å². The van der Waals surface area contributed by atoms with Gasteiger partial charge in [0.2, 0.25) is 0 Å². The van der Waals surface area contributed by atoms with E-state index in [1.807, 2.05) is 0 Å². The molecule has 2 aromatic carbocycles. The summed E-state index contributed by atoms with van der Waals surface area (Å²) in [5.41, 5.74) is 0.364. The van der Waals surface area contributed by atoms with Crippen molar-refractivity contribution >= 4 is 28.2 Å². The maximum Gasteiger partial charge on any atom is 0.255 e. The zero-order valence-electron chi connectivity index (χ0n) is 11.9. The highest BCUT2D eigenvalue weighted by Gasteiger charge is 2.11. The summed E-state index contributed by atoms with van der Waals surface area (Å²) >= 11 is 0. The van der Waals surface area contributed by atoms with Gasteiger partial charge >= 0.3 is 0 Å². The molecule has 0 aliphatic rings. The van der Waals surface area contributed by atoms with Crippen molar-refractivity contribution in [1.29, 1.82) is 0 Å². The van der Waals surface area contributed by atoms with Gasteiger partial charge < -0.3 is 20.6 Å². The molecule has 4 N–H and O–H groups in total. The number of carbonyl (C=O) groups is 1. The topological polar surface area (TPSA) is 128 Å². The minimum atomic E-state index is -2.34. The van der Waals surface area contributed by atoms with E-state index in [-0.39, 0.29) is 34.2 Å². The highest BCUT2D eigenvalue weighted by atomic mass is 32.2. The summed E-state index contributed by atoms with van der Waals surface area (Å²) in [4.78, 5) is 12.1. The molecule has 9 heteroatoms. The summed E-state index contributed by atoms with van der Waals surface area (Å²) in [7, 11) is -1.13. The number of phenols is 3. The van der Waals surface area contributed by atoms with E-state index in [0.29, 0.717) is 0 Å². The van der Waals surface area contributed by atoms with Gasteiger partial charge in [0.25, 0.3) is 5.91 Å². The van der Waals surface area contributed by atoms with E-state index < -0.39 is 16.8 Å². The lowest BCUT2D eigenvalue weighted by Gasteiger charge is -2.07. The molecule has 122 valence electrons. The van der Waals surface area contributed by atoms with Crippen LogP contribution in [0.2, 0.25) is 0 Å². The Hall–Kier alpha value is -2.78. The Bertz CT molecular complexity index is 830. The molecule has 1 amide bonds. The van der Waals surface area contributed by atoms with Crippen LogP contribution in [0.4, 0.5) is 11.4 Å². The van der Waals surface area contributed by atoms with E-state index in [4.69, 9.17) is 0 Å². The summed E-state index contributed by atoms with van der Waals surface area (Å²) in [6.07, 6.45) is 0. The van der Waals surface area contributed by atoms with Crippen LogP contribution in [0.25, 0.3) is 0 Å². The van der Waals surface area contributed by atoms with E-state index in [1.165, 1.54) is 43.5 Å². The molecular formula is C14H14N2O6S. The van der Waals surface area contributed by atoms with Crippen molar-refractivity contribution in [3.63, 3.8) is 0 Å². The predicted octanol–water partition coefficient (Wildman–Crippen LogP) is 1.91. The number of nitrogens with zero attached hydrogens (tertiary/aromatic N) is 1. The molecule has 0 heterocycles. The lowest BCUT2D eigenvalue weighted by Crippen LogP contribution is -2.11. The van der Waals surface area contributed by atoms with Crippen molar-refractivity contribution < 1.29 is 28.5 Å². The molecule has 8 nitrogen and oxygen atoms in total. The summed E-state index contributed by atoms with van der Waals surface area (Å²) < 4.78 is 19.4. The highest BCUT2D eigenvalue weighted by Crippen LogP contribution is 2.29. The van der Waals surface area contributed by atoms with E-state index in [2.05, 4.69) is 13.9 Å². The molecule has 0 saturated carbocycles. The van der Waals surface area contributed by atoms with Gasteiger partial charge in [-0.1, -0.05) is 0 Å². The fourth-order valence-electron chi connectivity index (χ4n) is 1.68. The Labute approximate surface area is 133 Å². The van der Waals surface area contributed by atoms with E-state index in [1.54, 1.807) is 0 Å². The number of aromatic hydroxyl groups is 3. The summed E-state index contributed by atoms with van der Waals surface area (Å²) in [6.45, 7) is 0. The normalized spacial score (nSPS) is 12.0. The first-order valence-corrected chi connectivity index (χ1v) is 7.43. The van der Waals surface area contributed by atoms with Gasteiger partial charge in [-0.05, 0) is 30.3 Å². The Morgan fingerprint density at radius 1 is 1.09 bits per heavy atom. The second kappa shape index (κ2) is 6.99. The molecule has 0 aliphatic carbocycles. The van der Waals surface area contributed by atoms with Gasteiger partial charge in [0.1, 0.15) is 11.4 Å². The SMILES string of the molecule is CO[SH](=O)=Nc1cc(C(=O)Nc2ccc(O)c(O)c2)ccc1O. The van der Waals surface area contributed by atoms with Crippen LogP contribution in [-0.2, 0) is 15.1 Å². The van der Waals surface area contributed by atoms with Crippen LogP contribution >= 0.6 is 0 Å². The van der Waals surface area contributed by atoms with Crippen molar-refractivity contribution in [3.05, 3.63) is 42.0 Å². The second-order valence-corrected chi connectivity index (χ2v) is 5.42. The van der Waals surface area contributed by atoms with Crippen molar-refractivity contribution in [1.82, 2.24) is 0 Å². The molecule has 23 heavy (non-hydrogen) atoms. The molecule has 0 radical (unpaired) electrons. The number of hydrogen-bond donors (Lipinski definition) is 5. The summed E-state index contributed by atoms with van der Waals surface area (Å²) in [5.74, 6) is -1.47. The van der Waals surface area contributed by atoms with Crippen LogP contribution in [0.1, 0.15) is 10.4 Å². The largest absolute Gasteiger partial charge is 0.506 e. The minimum absolute atomic E-state index is 0.0471. The van der Waals surface area contributed by atoms with Crippen LogP contribution in [0.3, 0.4) is 0 Å². The number of carbonyl (C=O) groups excluding carboxylic acids is 1. The third-order valence-corrected chi connectivity index (χ3v) is 3.51. The van der Waals surface area contributed by atoms with Crippen LogP contribution in [0, 0.1) is 0 Å². The standard InChI is InChI=1S/C14H14N2O6S/c1-22-23(21)16-10-6-8(2-4-11(10)17)14(20)15-9-3-5-12(18)13(19)7-9/h2-7,17-19,23H,1H3,(H,15,20). The number of hydrogen-bond acceptors (Lipinski definition) is 7. The first-order valence-electron chi connectivity index (χ1n) is 6.30. The maximum absolute atomic E-state index is 12.1. The number of thiol groups is 1. The Morgan fingerprint density at radius 2 is 1.78 bits per heavy atom. The highest BCUT2D eigenvalue weighted by molar-refractivity contribution is 7.69. The summed E-state index contributed by atoms with van der Waals surface area (Å²) in [6, 6.07) is 7.65. The third kappa shape index (κ3) is 4.11. The number of nitrogens with one attached hydrogen (secondary N) is 1. The van der Waals surface area contributed by atoms with Crippen LogP contribution in [0.15, 0.2) is 40.8 Å². The second-order valence-electron chi connectivity index (χ2n) is 4.38. The van der Waals surface area contributed by atoms with Gasteiger partial charge in [-0.15, -0.1) is 0 Å². The average Bonchev–Trinajstić information content (AvgIpc) is 2.52. The van der Waals surface area contributed by atoms with Crippen molar-refractivity contribution in [2.24, 2.45) is 4.36 Å². The van der Waals surface area contributed by atoms with Gasteiger partial charge in [0, 0.05) is 17.3 Å². The maximum atomic E-state index is 12.1. The Morgan fingerprint density at radius 3 is 2.43 bits per heavy atom. The van der Waals surface area contributed by atoms with Gasteiger partial charge in [-0.25, -0.2) is 4.21 Å². The number of phenolic OH excluding ortho intramolecular Hbond substituents is 3. The first-order chi connectivity index (χ1) is 10.9. The third-order valence-electron chi connectivity index (χ3n) is 2.82. The molecule has 1 unspecified atom stereocenters. The number of rotatable bonds is 4. The minimum Gasteiger partial charge on any atom is -0.506 e. The smallest absolute Gasteiger partial charge is 0.255 e. The Balaban J connectivity index is 2.27. The number of benzene rings is 2. The molecule has 1 atom stereocenters. The molecule has 2 rings (SSSR count). The number of anilines is 1. The van der Waals surface area contributed by atoms with Gasteiger partial charge in [0.15, 0.2) is 22.4 Å². The average molecular weight is 338 g/mol. The van der Waals surface area contributed by atoms with Crippen molar-refractivity contribution in [2.45, 2.75) is 0 Å². The van der Waals surface area contributed by atoms with E-state index in [9.17, 15) is 24.3 Å². The van der Waals surface area contributed by atoms with Crippen LogP contribution < -0.4 is 5.32 Å². The predicted molar refractivity (Wildman–Crippen MR) is 84.5 cm³/mol. The number of amides is 1. The monoisotopic (exact) mass is 338 g/mol. The first kappa shape index (κ1) is 16.6. The van der Waals surface area contributed by atoms with Gasteiger partial charge in [0.05, 0.1) is 7.11 Å². The zero-order chi connectivity index (χ0) is 17.0. The van der Waals surface area contributed by atoms with E-state index >= 15 is 0 Å². The molecule has 0 fully saturated rings. The van der Waals surface area contributed by atoms with Crippen LogP contribution in [0.5, 0.6) is 17.2 Å². The zero-order valence-corrected chi connectivity index (χ0v) is 12.8. The molecule has 0 bridgehead atoms. The molecule has 2 aromatic rings. The fraction of sp³-hybridized carbons (Fsp3) is 0.0714. The quantitative estimate of drug-likeness (QED) is 0.329. The van der Waals surface area contributed by atoms with E-state index in [0.717, 1.165) is 0 Å². The molecule has 0 aromatic heterocycles. The van der Waals surface area contributed by atoms with Crippen molar-refractivity contribution in [3.8, 4) is 17.2 Å². The van der Waals surface area contributed by atoms with Gasteiger partial charge in [-0.3, -0.25) is 8.98 Å². The lowest BCUT2D eigenvalue weighted by molar-refractivity contribution is 0.102. The molecular weight excluding hydrogens is 324 g/mol. The van der Waals surface area contributed by atoms with Crippen LogP contribution in [-0.4, -0.2) is 32.5 Å². The molecule has 0 saturated heterocycles. The fourth-order valence-corrected chi connectivity index (χ4v) is 2.10. The van der Waals surface area contributed by atoms with Crippen molar-refractivity contribution in [2.75, 3.05) is 12.4 Å². The Kier molecular flexibility index (Phi) is 5.04. The summed E-state index contributed by atoms with van der Waals surface area (Å²) in [5, 5.41) is 30.8. The molecule has 0 spiro atoms.